The first-order valence-corrected chi connectivity index (χ1v) is 7.15. The summed E-state index contributed by atoms with van der Waals surface area (Å²) in [4.78, 5) is 8.79. The van der Waals surface area contributed by atoms with Gasteiger partial charge in [0.05, 0.1) is 5.92 Å². The first-order valence-electron chi connectivity index (χ1n) is 5.20. The van der Waals surface area contributed by atoms with Gasteiger partial charge in [0.2, 0.25) is 0 Å². The van der Waals surface area contributed by atoms with E-state index in [4.69, 9.17) is 5.11 Å². The summed E-state index contributed by atoms with van der Waals surface area (Å²) in [6, 6.07) is 1.53. The molecule has 0 saturated carbocycles. The quantitative estimate of drug-likeness (QED) is 0.812. The van der Waals surface area contributed by atoms with E-state index in [0.29, 0.717) is 12.1 Å². The van der Waals surface area contributed by atoms with Crippen LogP contribution in [-0.2, 0) is 11.2 Å². The highest BCUT2D eigenvalue weighted by Gasteiger charge is 2.65. The number of halogens is 5. The highest BCUT2D eigenvalue weighted by molar-refractivity contribution is 8.45. The molecule has 0 radical (unpaired) electrons. The Hall–Kier alpha value is -1.51. The zero-order valence-corrected chi connectivity index (χ0v) is 10.2. The lowest BCUT2D eigenvalue weighted by Crippen LogP contribution is -2.29. The van der Waals surface area contributed by atoms with Gasteiger partial charge in [-0.15, -0.1) is 0 Å². The molecule has 1 heterocycles. The van der Waals surface area contributed by atoms with Crippen molar-refractivity contribution < 1.29 is 29.3 Å². The molecule has 3 nitrogen and oxygen atoms in total. The molecule has 0 amide bonds. The molecule has 108 valence electrons. The van der Waals surface area contributed by atoms with Crippen LogP contribution in [0.1, 0.15) is 5.56 Å². The van der Waals surface area contributed by atoms with E-state index in [2.05, 4.69) is 5.32 Å². The molecule has 0 fully saturated rings. The number of benzene rings is 1. The Kier molecular flexibility index (Phi) is 2.44. The van der Waals surface area contributed by atoms with Crippen LogP contribution in [0.3, 0.4) is 0 Å². The predicted molar refractivity (Wildman–Crippen MR) is 61.2 cm³/mol. The molecular weight excluding hydrogens is 293 g/mol. The molecule has 0 unspecified atom stereocenters. The van der Waals surface area contributed by atoms with Gasteiger partial charge in [0.1, 0.15) is 4.90 Å². The molecular formula is C10H10F5NO2S. The van der Waals surface area contributed by atoms with Gasteiger partial charge in [0, 0.05) is 12.2 Å². The monoisotopic (exact) mass is 303 g/mol. The molecule has 0 saturated heterocycles. The van der Waals surface area contributed by atoms with Gasteiger partial charge in [0.25, 0.3) is 0 Å². The van der Waals surface area contributed by atoms with Crippen molar-refractivity contribution in [1.82, 2.24) is 0 Å². The van der Waals surface area contributed by atoms with Crippen molar-refractivity contribution in [2.75, 3.05) is 11.9 Å². The summed E-state index contributed by atoms with van der Waals surface area (Å²) in [6.07, 6.45) is 0.0122. The van der Waals surface area contributed by atoms with Crippen LogP contribution in [0.2, 0.25) is 0 Å². The van der Waals surface area contributed by atoms with Crippen molar-refractivity contribution >= 4 is 21.9 Å². The minimum absolute atomic E-state index is 0.0122. The zero-order chi connectivity index (χ0) is 14.5. The van der Waals surface area contributed by atoms with Crippen molar-refractivity contribution in [2.45, 2.75) is 11.3 Å². The zero-order valence-electron chi connectivity index (χ0n) is 9.38. The normalized spacial score (nSPS) is 22.7. The lowest BCUT2D eigenvalue weighted by atomic mass is 9.94. The summed E-state index contributed by atoms with van der Waals surface area (Å²) in [6.45, 7) is -0.0912. The van der Waals surface area contributed by atoms with E-state index < -0.39 is 27.0 Å². The van der Waals surface area contributed by atoms with E-state index in [9.17, 15) is 24.2 Å². The number of anilines is 1. The van der Waals surface area contributed by atoms with Crippen molar-refractivity contribution in [3.63, 3.8) is 0 Å². The van der Waals surface area contributed by atoms with Gasteiger partial charge in [-0.1, -0.05) is 25.5 Å². The fourth-order valence-electron chi connectivity index (χ4n) is 1.88. The smallest absolute Gasteiger partial charge is 0.310 e. The van der Waals surface area contributed by atoms with Crippen molar-refractivity contribution in [2.24, 2.45) is 5.92 Å². The maximum atomic E-state index is 12.6. The molecule has 1 aromatic carbocycles. The minimum Gasteiger partial charge on any atom is -0.481 e. The third-order valence-corrected chi connectivity index (χ3v) is 4.03. The van der Waals surface area contributed by atoms with Crippen LogP contribution in [0.4, 0.5) is 25.1 Å². The number of carboxylic acids is 1. The highest BCUT2D eigenvalue weighted by atomic mass is 32.5. The summed E-state index contributed by atoms with van der Waals surface area (Å²) in [7, 11) is -9.69. The molecule has 0 spiro atoms. The Morgan fingerprint density at radius 1 is 1.26 bits per heavy atom. The van der Waals surface area contributed by atoms with Gasteiger partial charge < -0.3 is 10.4 Å². The summed E-state index contributed by atoms with van der Waals surface area (Å²) in [5.41, 5.74) is 0.188. The average molecular weight is 303 g/mol. The first-order chi connectivity index (χ1) is 8.36. The molecule has 0 aliphatic carbocycles. The lowest BCUT2D eigenvalue weighted by molar-refractivity contribution is -0.141. The van der Waals surface area contributed by atoms with E-state index in [1.807, 2.05) is 0 Å². The summed E-state index contributed by atoms with van der Waals surface area (Å²) in [5, 5.41) is 11.2. The average Bonchev–Trinajstić information content (AvgIpc) is 2.24. The van der Waals surface area contributed by atoms with Gasteiger partial charge >= 0.3 is 16.2 Å². The SMILES string of the molecule is O=C(O)[C@@H]1CNc2cc(S(F)(F)(F)(F)F)ccc2C1. The van der Waals surface area contributed by atoms with Crippen molar-refractivity contribution in [3.8, 4) is 0 Å². The largest absolute Gasteiger partial charge is 0.481 e. The van der Waals surface area contributed by atoms with E-state index in [1.54, 1.807) is 0 Å². The number of carbonyl (C=O) groups is 1. The van der Waals surface area contributed by atoms with Crippen molar-refractivity contribution in [1.29, 1.82) is 0 Å². The van der Waals surface area contributed by atoms with Gasteiger partial charge in [0.15, 0.2) is 0 Å². The van der Waals surface area contributed by atoms with Crippen LogP contribution in [0.15, 0.2) is 23.1 Å². The maximum absolute atomic E-state index is 12.6. The van der Waals surface area contributed by atoms with Crippen LogP contribution in [0, 0.1) is 5.92 Å². The number of hydrogen-bond acceptors (Lipinski definition) is 2. The number of hydrogen-bond donors (Lipinski definition) is 2. The van der Waals surface area contributed by atoms with Crippen LogP contribution in [-0.4, -0.2) is 17.6 Å². The summed E-state index contributed by atoms with van der Waals surface area (Å²) < 4.78 is 63.0. The predicted octanol–water partition coefficient (Wildman–Crippen LogP) is 4.01. The van der Waals surface area contributed by atoms with E-state index in [1.165, 1.54) is 0 Å². The number of nitrogens with one attached hydrogen (secondary N) is 1. The standard InChI is InChI=1S/C10H10F5NO2S/c11-19(12,13,14,15)8-2-1-6-3-7(10(17)18)5-16-9(6)4-8/h1-2,4,7,16H,3,5H2,(H,17,18)/t7-/m0/s1. The van der Waals surface area contributed by atoms with E-state index in [0.717, 1.165) is 6.07 Å². The molecule has 19 heavy (non-hydrogen) atoms. The Labute approximate surface area is 105 Å². The molecule has 0 bridgehead atoms. The molecule has 1 aliphatic heterocycles. The number of rotatable bonds is 2. The molecule has 0 aromatic heterocycles. The summed E-state index contributed by atoms with van der Waals surface area (Å²) >= 11 is 0. The molecule has 1 aliphatic rings. The maximum Gasteiger partial charge on any atom is 0.310 e. The molecule has 1 atom stereocenters. The molecule has 1 aromatic rings. The summed E-state index contributed by atoms with van der Waals surface area (Å²) in [5.74, 6) is -1.87. The van der Waals surface area contributed by atoms with Gasteiger partial charge in [-0.05, 0) is 24.1 Å². The molecule has 2 rings (SSSR count). The molecule has 9 heteroatoms. The van der Waals surface area contributed by atoms with Crippen molar-refractivity contribution in [3.05, 3.63) is 23.8 Å². The fourth-order valence-corrected chi connectivity index (χ4v) is 2.55. The second kappa shape index (κ2) is 3.33. The van der Waals surface area contributed by atoms with E-state index >= 15 is 0 Å². The number of fused-ring (bicyclic) bond motifs is 1. The number of carboxylic acid groups (broad SMARTS) is 1. The second-order valence-electron chi connectivity index (χ2n) is 4.41. The van der Waals surface area contributed by atoms with Crippen LogP contribution >= 0.6 is 10.2 Å². The van der Waals surface area contributed by atoms with Gasteiger partial charge in [-0.3, -0.25) is 4.79 Å². The van der Waals surface area contributed by atoms with Crippen LogP contribution in [0.25, 0.3) is 0 Å². The topological polar surface area (TPSA) is 49.3 Å². The Bertz CT molecular complexity index is 556. The lowest BCUT2D eigenvalue weighted by Gasteiger charge is -2.41. The highest BCUT2D eigenvalue weighted by Crippen LogP contribution is 3.02. The van der Waals surface area contributed by atoms with E-state index in [-0.39, 0.29) is 24.2 Å². The minimum atomic E-state index is -9.69. The Balaban J connectivity index is 2.42. The second-order valence-corrected chi connectivity index (χ2v) is 6.82. The number of aliphatic carboxylic acids is 1. The van der Waals surface area contributed by atoms with Gasteiger partial charge in [-0.25, -0.2) is 0 Å². The van der Waals surface area contributed by atoms with Crippen LogP contribution < -0.4 is 5.32 Å². The van der Waals surface area contributed by atoms with Gasteiger partial charge in [-0.2, -0.15) is 0 Å². The Morgan fingerprint density at radius 2 is 1.89 bits per heavy atom. The first kappa shape index (κ1) is 13.9. The third kappa shape index (κ3) is 2.91. The fraction of sp³-hybridized carbons (Fsp3) is 0.300. The van der Waals surface area contributed by atoms with Crippen LogP contribution in [0.5, 0.6) is 0 Å². The Morgan fingerprint density at radius 3 is 2.42 bits per heavy atom. The molecule has 2 N–H and O–H groups in total. The third-order valence-electron chi connectivity index (χ3n) is 2.88.